The van der Waals surface area contributed by atoms with E-state index in [4.69, 9.17) is 47.8 Å². The number of carboxylic acids is 1. The summed E-state index contributed by atoms with van der Waals surface area (Å²) < 4.78 is 2.17. The molecule has 7 heterocycles. The highest BCUT2D eigenvalue weighted by Gasteiger charge is 2.42. The van der Waals surface area contributed by atoms with Crippen molar-refractivity contribution in [3.05, 3.63) is 166 Å². The Morgan fingerprint density at radius 1 is 0.644 bits per heavy atom. The van der Waals surface area contributed by atoms with Crippen molar-refractivity contribution in [2.24, 2.45) is 33.2 Å². The van der Waals surface area contributed by atoms with E-state index in [1.165, 1.54) is 6.92 Å². The van der Waals surface area contributed by atoms with E-state index in [1.807, 2.05) is 137 Å². The van der Waals surface area contributed by atoms with Gasteiger partial charge in [-0.1, -0.05) is 50.8 Å². The molecule has 149 heavy (non-hydrogen) atoms. The first-order valence-corrected chi connectivity index (χ1v) is 49.9. The summed E-state index contributed by atoms with van der Waals surface area (Å²) in [4.78, 5) is 249. The van der Waals surface area contributed by atoms with E-state index in [1.54, 1.807) is 6.08 Å². The van der Waals surface area contributed by atoms with Gasteiger partial charge in [0.25, 0.3) is 5.52 Å². The molecule has 0 saturated carbocycles. The van der Waals surface area contributed by atoms with Gasteiger partial charge in [0.05, 0.1) is 54.0 Å². The van der Waals surface area contributed by atoms with Crippen molar-refractivity contribution in [2.75, 3.05) is 62.7 Å². The van der Waals surface area contributed by atoms with Crippen LogP contribution in [-0.4, -0.2) is 247 Å². The van der Waals surface area contributed by atoms with Crippen LogP contribution in [-0.2, 0) is 83.2 Å². The number of benzene rings is 4. The topological polar surface area (TPSA) is 664 Å². The molecule has 12 rings (SSSR count). The highest BCUT2D eigenvalue weighted by Crippen LogP contribution is 2.45. The number of rotatable bonds is 52. The largest absolute Gasteiger partial charge is 0.481 e. The number of aromatic amines is 2. The second kappa shape index (κ2) is 51.3. The van der Waals surface area contributed by atoms with Crippen LogP contribution in [0.25, 0.3) is 67.0 Å². The third kappa shape index (κ3) is 28.0. The number of carbonyl (C=O) groups is 16. The van der Waals surface area contributed by atoms with E-state index in [9.17, 15) is 92.0 Å². The quantitative estimate of drug-likeness (QED) is 0.00753. The van der Waals surface area contributed by atoms with Crippen molar-refractivity contribution in [1.82, 2.24) is 77.8 Å². The summed E-state index contributed by atoms with van der Waals surface area (Å²) in [5.74, 6) is -16.8. The second-order valence-electron chi connectivity index (χ2n) is 37.5. The first kappa shape index (κ1) is 112. The number of para-hydroxylation sites is 2. The molecule has 3 aliphatic heterocycles. The smallest absolute Gasteiger partial charge is 0.324 e. The fourth-order valence-corrected chi connectivity index (χ4v) is 19.0. The summed E-state index contributed by atoms with van der Waals surface area (Å²) in [5, 5.41) is 59.5. The van der Waals surface area contributed by atoms with E-state index >= 15 is 0 Å². The monoisotopic (exact) mass is 2050 g/mol. The van der Waals surface area contributed by atoms with Gasteiger partial charge in [-0.15, -0.1) is 9.68 Å². The zero-order valence-electron chi connectivity index (χ0n) is 84.8. The number of anilines is 2. The number of allylic oxidation sites excluding steroid dienone is 2. The number of likely N-dealkylation sites (tertiary alicyclic amines) is 1. The number of aliphatic carboxylic acids is 1. The molecule has 13 amide bonds. The number of carbonyl (C=O) groups excluding carboxylic acids is 15. The molecule has 1 saturated heterocycles. The minimum absolute atomic E-state index is 0.0398. The Morgan fingerprint density at radius 2 is 1.28 bits per heavy atom. The zero-order valence-corrected chi connectivity index (χ0v) is 84.8. The number of carboxylic acid groups (broad SMARTS) is 1. The molecule has 790 valence electrons. The van der Waals surface area contributed by atoms with Crippen molar-refractivity contribution >= 4 is 179 Å². The predicted molar refractivity (Wildman–Crippen MR) is 554 cm³/mol. The molecule has 8 bridgehead atoms. The van der Waals surface area contributed by atoms with Gasteiger partial charge in [-0.25, -0.2) is 9.97 Å². The van der Waals surface area contributed by atoms with Crippen LogP contribution in [0.4, 0.5) is 22.7 Å². The van der Waals surface area contributed by atoms with Crippen LogP contribution in [0.2, 0.25) is 0 Å². The van der Waals surface area contributed by atoms with E-state index in [0.29, 0.717) is 64.3 Å². The number of hydroxylamine groups is 1. The molecule has 11 atom stereocenters. The Hall–Kier alpha value is -16.1. The number of azo groups is 1. The molecule has 0 spiro atoms. The van der Waals surface area contributed by atoms with Crippen molar-refractivity contribution in [3.63, 3.8) is 0 Å². The van der Waals surface area contributed by atoms with Crippen LogP contribution in [0.3, 0.4) is 0 Å². The Bertz CT molecular complexity index is 6720. The number of primary amides is 4. The average Bonchev–Trinajstić information content (AvgIpc) is 1.53. The molecular weight excluding hydrogens is 1920 g/mol. The van der Waals surface area contributed by atoms with Gasteiger partial charge in [0, 0.05) is 159 Å². The third-order valence-corrected chi connectivity index (χ3v) is 27.3. The van der Waals surface area contributed by atoms with E-state index in [2.05, 4.69) is 112 Å². The number of amides is 13. The predicted octanol–water partition coefficient (Wildman–Crippen LogP) is 5.33. The minimum Gasteiger partial charge on any atom is -0.481 e. The first-order valence-electron chi connectivity index (χ1n) is 49.9. The van der Waals surface area contributed by atoms with Crippen LogP contribution in [0.15, 0.2) is 126 Å². The average molecular weight is 2050 g/mol. The fourth-order valence-electron chi connectivity index (χ4n) is 19.0. The number of hydrogen-bond acceptors (Lipinski definition) is 27. The second-order valence-corrected chi connectivity index (χ2v) is 37.5. The number of aliphatic hydroxyl groups excluding tert-OH is 2. The number of H-pyrrole nitrogens is 2. The van der Waals surface area contributed by atoms with Gasteiger partial charge < -0.3 is 110 Å². The number of hydrogen-bond donors (Lipinski definition) is 18. The van der Waals surface area contributed by atoms with E-state index < -0.39 is 207 Å². The molecule has 22 N–H and O–H groups in total. The molecule has 4 aromatic heterocycles. The summed E-state index contributed by atoms with van der Waals surface area (Å²) >= 11 is 0. The Balaban J connectivity index is 0.601. The minimum atomic E-state index is -1.94. The number of unbranched alkanes of at least 4 members (excludes halogenated alkanes) is 1. The lowest BCUT2D eigenvalue weighted by Crippen LogP contribution is -2.60. The van der Waals surface area contributed by atoms with Crippen molar-refractivity contribution in [1.29, 1.82) is 0 Å². The molecule has 1 aliphatic carbocycles. The maximum absolute atomic E-state index is 14.4. The third-order valence-electron chi connectivity index (χ3n) is 27.3. The molecule has 4 aliphatic rings. The van der Waals surface area contributed by atoms with E-state index in [-0.39, 0.29) is 82.6 Å². The summed E-state index contributed by atoms with van der Waals surface area (Å²) in [7, 11) is 1.88. The summed E-state index contributed by atoms with van der Waals surface area (Å²) in [6.07, 6.45) is -3.01. The number of aliphatic hydroxyl groups is 2. The Morgan fingerprint density at radius 3 is 1.91 bits per heavy atom. The van der Waals surface area contributed by atoms with Crippen molar-refractivity contribution < 1.29 is 101 Å². The number of aromatic nitrogens is 6. The zero-order chi connectivity index (χ0) is 108. The van der Waals surface area contributed by atoms with Crippen LogP contribution in [0.1, 0.15) is 218 Å². The van der Waals surface area contributed by atoms with Crippen molar-refractivity contribution in [3.8, 4) is 5.69 Å². The SMILES string of the molecule is C=Cc1c(C)c2cc3nc(c4c5[nH]c(cc6nc(cc1[nH]2)C(C)=C6CC)c(C)c5C(=O)C4)[C@@H](CCC(=O)N[C@H](C(=O)N[C@@H](CO)C(=O)NCC(=O)N1CCC[C@H]1C(=O)N[C@@H](CC(N)=O)C(=O)N[C@@H](CCC(N)=O)C(=O)N[C@@H](CCC(=O)O)C(=O)N[C@@H](CCC(N)=O)C(=O)N[C@@H](CCCCNOC(=O)CCCN(C)c1ccc(N=Nc2cccc4nc5ccc(N(CC)CC)cc5[n+](-c5ccccc5)c24)cc1)C(N)=O)[C@@H](C)O)[C@@H]3C. The lowest BCUT2D eigenvalue weighted by Gasteiger charge is -2.28. The van der Waals surface area contributed by atoms with Gasteiger partial charge in [-0.2, -0.15) is 10.6 Å². The molecule has 0 radical (unpaired) electrons. The maximum atomic E-state index is 14.4. The van der Waals surface area contributed by atoms with E-state index in [0.717, 1.165) is 107 Å². The van der Waals surface area contributed by atoms with Crippen LogP contribution in [0.5, 0.6) is 0 Å². The number of nitrogens with two attached hydrogens (primary N) is 4. The van der Waals surface area contributed by atoms with Gasteiger partial charge in [-0.05, 0) is 201 Å². The van der Waals surface area contributed by atoms with Crippen LogP contribution in [0, 0.1) is 13.8 Å². The first-order chi connectivity index (χ1) is 71.2. The number of aryl methyl sites for hydroxylation is 2. The highest BCUT2D eigenvalue weighted by atomic mass is 16.7. The number of nitrogens with one attached hydrogen (secondary N) is 11. The lowest BCUT2D eigenvalue weighted by atomic mass is 9.85. The molecule has 0 unspecified atom stereocenters. The molecule has 1 fully saturated rings. The van der Waals surface area contributed by atoms with Gasteiger partial charge in [0.2, 0.25) is 88.0 Å². The summed E-state index contributed by atoms with van der Waals surface area (Å²) in [5.41, 5.74) is 43.7. The standard InChI is InChI=1S/C105H130N24O20/c1-11-64-55(5)75-49-77-57(7)66(95(115-77)67-48-85(132)93-58(8)78(116-96(67)93)51-80-65(12-2)56(6)76(114-80)50-79(64)113-75)35-42-89(136)123-94(59(9)131)105(148)122-82(54-130)99(142)110-53-90(137)128-46-21-28-83(128)104(147)121-81(52-88(108)135)103(146)120-73(38-41-87(107)134)101(144)119-74(39-43-91(138)139)102(145)118-72(37-40-86(106)133)100(143)117-71(98(109)141)25-18-19-44-111-149-92(140)29-22-45-126(10)61-32-30-60(31-33-61)124-125-70-27-20-26-69-97(70)129(62-23-16-15-17-24-62)84-47-63(127(13-3)14-4)34-36-68(84)112-69/h11,15-17,20,23-24,26-27,30-34,36,47,49-51,57,59,66,71-74,81-83,94,111-112,130-131H,1,12-14,18-19,21-22,25,28-29,35,37-46,48,52-54H2,2-10H3,(H17,106,107,108,109,110,117,118,119,120,121,122,123,133,134,135,136,138,139,141,142,143,144,145,146,147,148)/p+1/t57-,59+,66-,71-,72-,73-,74-,81-,82-,83-,94-/m0/s1. The normalized spacial score (nSPS) is 15.8. The van der Waals surface area contributed by atoms with Crippen molar-refractivity contribution in [2.45, 2.75) is 237 Å². The number of nitrogens with zero attached hydrogens (tertiary/aromatic N) is 9. The van der Waals surface area contributed by atoms with Gasteiger partial charge in [0.1, 0.15) is 59.4 Å². The van der Waals surface area contributed by atoms with Gasteiger partial charge in [-0.3, -0.25) is 81.7 Å². The molecule has 44 nitrogen and oxygen atoms in total. The Kier molecular flexibility index (Phi) is 38.4. The summed E-state index contributed by atoms with van der Waals surface area (Å²) in [6, 6.07) is 21.7. The van der Waals surface area contributed by atoms with Gasteiger partial charge in [0.15, 0.2) is 11.5 Å². The maximum Gasteiger partial charge on any atom is 0.324 e. The molecule has 44 heteroatoms. The number of fused-ring (bicyclic) bond motifs is 10. The van der Waals surface area contributed by atoms with Crippen LogP contribution < -0.4 is 85.3 Å². The molecule has 4 aromatic carbocycles. The number of ketones is 1. The lowest BCUT2D eigenvalue weighted by molar-refractivity contribution is -0.537. The molecule has 8 aromatic rings. The highest BCUT2D eigenvalue weighted by molar-refractivity contribution is 6.13. The Labute approximate surface area is 858 Å². The fraction of sp³-hybridized carbons (Fsp3) is 0.429. The number of Topliss-reactive ketones (excluding diaryl/α,β-unsaturated/α-hetero) is 1. The van der Waals surface area contributed by atoms with Crippen LogP contribution >= 0.6 is 0 Å². The van der Waals surface area contributed by atoms with Gasteiger partial charge >= 0.3 is 11.9 Å². The molecular formula is C105H131N24O20+. The summed E-state index contributed by atoms with van der Waals surface area (Å²) in [6.45, 7) is 19.7.